The van der Waals surface area contributed by atoms with Gasteiger partial charge in [0.2, 0.25) is 0 Å². The second-order valence-corrected chi connectivity index (χ2v) is 6.05. The lowest BCUT2D eigenvalue weighted by Crippen LogP contribution is -2.34. The molecule has 0 bridgehead atoms. The molecule has 0 saturated heterocycles. The Bertz CT molecular complexity index is 968. The van der Waals surface area contributed by atoms with Gasteiger partial charge >= 0.3 is 0 Å². The first-order valence-corrected chi connectivity index (χ1v) is 8.67. The molecule has 1 heterocycles. The van der Waals surface area contributed by atoms with Crippen LogP contribution >= 0.6 is 12.2 Å². The number of hydrogen-bond donors (Lipinski definition) is 3. The topological polar surface area (TPSA) is 92.6 Å². The van der Waals surface area contributed by atoms with Crippen molar-refractivity contribution in [3.63, 3.8) is 0 Å². The lowest BCUT2D eigenvalue weighted by Gasteiger charge is -2.11. The first kappa shape index (κ1) is 19.1. The number of anilines is 2. The minimum absolute atomic E-state index is 0.160. The molecule has 8 heteroatoms. The zero-order valence-corrected chi connectivity index (χ0v) is 15.7. The number of nitrogens with one attached hydrogen (secondary N) is 3. The van der Waals surface area contributed by atoms with Crippen molar-refractivity contribution in [2.45, 2.75) is 0 Å². The molecule has 3 N–H and O–H groups in total. The summed E-state index contributed by atoms with van der Waals surface area (Å²) in [6.45, 7) is 0. The molecule has 7 nitrogen and oxygen atoms in total. The normalized spacial score (nSPS) is 10.0. The van der Waals surface area contributed by atoms with E-state index in [1.807, 2.05) is 0 Å². The van der Waals surface area contributed by atoms with Crippen LogP contribution in [0.25, 0.3) is 0 Å². The molecule has 142 valence electrons. The Kier molecular flexibility index (Phi) is 6.03. The van der Waals surface area contributed by atoms with Crippen LogP contribution < -0.4 is 20.7 Å². The Hall–Kier alpha value is -3.65. The molecule has 0 radical (unpaired) electrons. The van der Waals surface area contributed by atoms with Crippen LogP contribution in [0.2, 0.25) is 0 Å². The molecule has 0 aliphatic rings. The lowest BCUT2D eigenvalue weighted by atomic mass is 10.2. The van der Waals surface area contributed by atoms with Crippen LogP contribution in [-0.2, 0) is 0 Å². The quantitative estimate of drug-likeness (QED) is 0.571. The Morgan fingerprint density at radius 2 is 1.54 bits per heavy atom. The summed E-state index contributed by atoms with van der Waals surface area (Å²) >= 11 is 5.17. The Morgan fingerprint density at radius 3 is 2.11 bits per heavy atom. The van der Waals surface area contributed by atoms with Crippen LogP contribution in [0.3, 0.4) is 0 Å². The molecule has 3 aromatic rings. The zero-order valence-electron chi connectivity index (χ0n) is 14.9. The van der Waals surface area contributed by atoms with Gasteiger partial charge in [-0.15, -0.1) is 0 Å². The van der Waals surface area contributed by atoms with Crippen molar-refractivity contribution in [1.82, 2.24) is 5.32 Å². The number of rotatable bonds is 5. The summed E-state index contributed by atoms with van der Waals surface area (Å²) in [7, 11) is 1.56. The van der Waals surface area contributed by atoms with Crippen LogP contribution in [0.15, 0.2) is 71.3 Å². The van der Waals surface area contributed by atoms with Gasteiger partial charge in [-0.25, -0.2) is 0 Å². The monoisotopic (exact) mass is 395 g/mol. The van der Waals surface area contributed by atoms with Gasteiger partial charge in [-0.05, 0) is 72.9 Å². The SMILES string of the molecule is COc1ccc(C(=O)NC(=S)Nc2ccc(NC(=O)c3ccco3)cc2)cc1. The van der Waals surface area contributed by atoms with E-state index >= 15 is 0 Å². The van der Waals surface area contributed by atoms with Crippen molar-refractivity contribution in [2.24, 2.45) is 0 Å². The molecule has 28 heavy (non-hydrogen) atoms. The van der Waals surface area contributed by atoms with E-state index in [0.717, 1.165) is 0 Å². The van der Waals surface area contributed by atoms with E-state index in [1.165, 1.54) is 6.26 Å². The fourth-order valence-electron chi connectivity index (χ4n) is 2.32. The first-order chi connectivity index (χ1) is 13.5. The first-order valence-electron chi connectivity index (χ1n) is 8.26. The van der Waals surface area contributed by atoms with Gasteiger partial charge in [0.15, 0.2) is 10.9 Å². The van der Waals surface area contributed by atoms with Gasteiger partial charge < -0.3 is 19.8 Å². The van der Waals surface area contributed by atoms with Crippen LogP contribution in [0.1, 0.15) is 20.9 Å². The van der Waals surface area contributed by atoms with Gasteiger partial charge in [0.25, 0.3) is 11.8 Å². The van der Waals surface area contributed by atoms with Crippen molar-refractivity contribution in [3.05, 3.63) is 78.3 Å². The third-order valence-corrected chi connectivity index (χ3v) is 3.93. The van der Waals surface area contributed by atoms with Crippen molar-refractivity contribution in [2.75, 3.05) is 17.7 Å². The summed E-state index contributed by atoms with van der Waals surface area (Å²) in [5.41, 5.74) is 1.72. The maximum Gasteiger partial charge on any atom is 0.291 e. The number of amides is 2. The number of carbonyl (C=O) groups is 2. The Balaban J connectivity index is 1.53. The van der Waals surface area contributed by atoms with E-state index in [-0.39, 0.29) is 22.7 Å². The summed E-state index contributed by atoms with van der Waals surface area (Å²) in [4.78, 5) is 24.1. The summed E-state index contributed by atoms with van der Waals surface area (Å²) in [5, 5.41) is 8.40. The Morgan fingerprint density at radius 1 is 0.893 bits per heavy atom. The number of furan rings is 1. The van der Waals surface area contributed by atoms with Gasteiger partial charge in [0, 0.05) is 16.9 Å². The van der Waals surface area contributed by atoms with Crippen molar-refractivity contribution in [3.8, 4) is 5.75 Å². The van der Waals surface area contributed by atoms with Crippen molar-refractivity contribution in [1.29, 1.82) is 0 Å². The molecule has 0 spiro atoms. The third-order valence-electron chi connectivity index (χ3n) is 3.72. The Labute approximate surface area is 166 Å². The van der Waals surface area contributed by atoms with Gasteiger partial charge in [0.05, 0.1) is 13.4 Å². The molecular weight excluding hydrogens is 378 g/mol. The molecular formula is C20H17N3O4S. The standard InChI is InChI=1S/C20H17N3O4S/c1-26-16-10-4-13(5-11-16)18(24)23-20(28)22-15-8-6-14(7-9-15)21-19(25)17-3-2-12-27-17/h2-12H,1H3,(H,21,25)(H2,22,23,24,28). The number of ether oxygens (including phenoxy) is 1. The van der Waals surface area contributed by atoms with E-state index in [2.05, 4.69) is 16.0 Å². The molecule has 0 aliphatic heterocycles. The molecule has 3 rings (SSSR count). The third kappa shape index (κ3) is 4.95. The van der Waals surface area contributed by atoms with Crippen LogP contribution in [-0.4, -0.2) is 24.0 Å². The predicted octanol–water partition coefficient (Wildman–Crippen LogP) is 3.67. The van der Waals surface area contributed by atoms with E-state index in [4.69, 9.17) is 21.4 Å². The van der Waals surface area contributed by atoms with Crippen LogP contribution in [0.5, 0.6) is 5.75 Å². The number of methoxy groups -OCH3 is 1. The summed E-state index contributed by atoms with van der Waals surface area (Å²) in [6.07, 6.45) is 1.43. The molecule has 0 aliphatic carbocycles. The maximum absolute atomic E-state index is 12.2. The highest BCUT2D eigenvalue weighted by atomic mass is 32.1. The van der Waals surface area contributed by atoms with Crippen LogP contribution in [0, 0.1) is 0 Å². The minimum Gasteiger partial charge on any atom is -0.497 e. The lowest BCUT2D eigenvalue weighted by molar-refractivity contribution is 0.0975. The van der Waals surface area contributed by atoms with Gasteiger partial charge in [0.1, 0.15) is 5.75 Å². The summed E-state index contributed by atoms with van der Waals surface area (Å²) in [5.74, 6) is 0.219. The molecule has 0 atom stereocenters. The zero-order chi connectivity index (χ0) is 19.9. The fraction of sp³-hybridized carbons (Fsp3) is 0.0500. The van der Waals surface area contributed by atoms with Gasteiger partial charge in [-0.1, -0.05) is 0 Å². The maximum atomic E-state index is 12.2. The highest BCUT2D eigenvalue weighted by molar-refractivity contribution is 7.80. The average molecular weight is 395 g/mol. The van der Waals surface area contributed by atoms with E-state index in [1.54, 1.807) is 67.8 Å². The largest absolute Gasteiger partial charge is 0.497 e. The second kappa shape index (κ2) is 8.83. The fourth-order valence-corrected chi connectivity index (χ4v) is 2.53. The summed E-state index contributed by atoms with van der Waals surface area (Å²) < 4.78 is 10.1. The molecule has 0 fully saturated rings. The molecule has 0 saturated carbocycles. The minimum atomic E-state index is -0.340. The number of benzene rings is 2. The highest BCUT2D eigenvalue weighted by Gasteiger charge is 2.10. The number of thiocarbonyl (C=S) groups is 1. The molecule has 0 unspecified atom stereocenters. The van der Waals surface area contributed by atoms with Crippen LogP contribution in [0.4, 0.5) is 11.4 Å². The van der Waals surface area contributed by atoms with E-state index in [0.29, 0.717) is 22.7 Å². The van der Waals surface area contributed by atoms with Crippen molar-refractivity contribution < 1.29 is 18.7 Å². The molecule has 1 aromatic heterocycles. The van der Waals surface area contributed by atoms with E-state index < -0.39 is 0 Å². The second-order valence-electron chi connectivity index (χ2n) is 5.65. The van der Waals surface area contributed by atoms with Crippen molar-refractivity contribution >= 4 is 40.5 Å². The van der Waals surface area contributed by atoms with Gasteiger partial charge in [-0.2, -0.15) is 0 Å². The molecule has 2 aromatic carbocycles. The number of carbonyl (C=O) groups excluding carboxylic acids is 2. The summed E-state index contributed by atoms with van der Waals surface area (Å²) in [6, 6.07) is 16.8. The predicted molar refractivity (Wildman–Crippen MR) is 110 cm³/mol. The average Bonchev–Trinajstić information content (AvgIpc) is 3.24. The van der Waals surface area contributed by atoms with E-state index in [9.17, 15) is 9.59 Å². The molecule has 2 amide bonds. The van der Waals surface area contributed by atoms with Gasteiger partial charge in [-0.3, -0.25) is 14.9 Å². The number of hydrogen-bond acceptors (Lipinski definition) is 5. The smallest absolute Gasteiger partial charge is 0.291 e. The highest BCUT2D eigenvalue weighted by Crippen LogP contribution is 2.15.